The minimum atomic E-state index is 0.0103. The van der Waals surface area contributed by atoms with Crippen molar-refractivity contribution in [2.45, 2.75) is 13.8 Å². The minimum Gasteiger partial charge on any atom is -0.497 e. The van der Waals surface area contributed by atoms with Crippen molar-refractivity contribution in [1.29, 1.82) is 0 Å². The topological polar surface area (TPSA) is 42.1 Å². The van der Waals surface area contributed by atoms with Gasteiger partial charge >= 0.3 is 0 Å². The van der Waals surface area contributed by atoms with E-state index in [2.05, 4.69) is 31.0 Å². The van der Waals surface area contributed by atoms with E-state index in [1.807, 2.05) is 53.9 Å². The summed E-state index contributed by atoms with van der Waals surface area (Å²) in [5, 5.41) is 2.66. The van der Waals surface area contributed by atoms with Gasteiger partial charge in [-0.3, -0.25) is 4.79 Å². The Morgan fingerprint density at radius 2 is 1.79 bits per heavy atom. The van der Waals surface area contributed by atoms with Crippen LogP contribution in [0.2, 0.25) is 0 Å². The Balaban J connectivity index is 2.13. The first-order valence-electron chi connectivity index (χ1n) is 9.11. The third kappa shape index (κ3) is 3.16. The maximum Gasteiger partial charge on any atom is 0.198 e. The number of rotatable bonds is 4. The number of thiophene rings is 1. The zero-order valence-electron chi connectivity index (χ0n) is 16.1. The summed E-state index contributed by atoms with van der Waals surface area (Å²) in [6.07, 6.45) is 0. The van der Waals surface area contributed by atoms with Gasteiger partial charge in [0.05, 0.1) is 28.8 Å². The van der Waals surface area contributed by atoms with Gasteiger partial charge in [0.1, 0.15) is 5.75 Å². The Hall–Kier alpha value is -3.11. The van der Waals surface area contributed by atoms with Crippen molar-refractivity contribution in [3.05, 3.63) is 93.0 Å². The van der Waals surface area contributed by atoms with Crippen LogP contribution in [-0.2, 0) is 0 Å². The van der Waals surface area contributed by atoms with Crippen LogP contribution in [-0.4, -0.2) is 12.1 Å². The maximum atomic E-state index is 13.7. The van der Waals surface area contributed by atoms with Gasteiger partial charge in [0, 0.05) is 5.39 Å². The van der Waals surface area contributed by atoms with Crippen LogP contribution >= 0.6 is 11.3 Å². The third-order valence-electron chi connectivity index (χ3n) is 4.79. The highest BCUT2D eigenvalue weighted by Crippen LogP contribution is 2.35. The fourth-order valence-corrected chi connectivity index (χ4v) is 4.26. The van der Waals surface area contributed by atoms with Gasteiger partial charge in [-0.1, -0.05) is 42.0 Å². The molecule has 0 saturated carbocycles. The molecule has 0 unspecified atom stereocenters. The van der Waals surface area contributed by atoms with E-state index in [0.29, 0.717) is 16.7 Å². The van der Waals surface area contributed by atoms with Crippen LogP contribution in [0.5, 0.6) is 5.75 Å². The minimum absolute atomic E-state index is 0.0103. The molecule has 0 aliphatic rings. The molecule has 0 spiro atoms. The van der Waals surface area contributed by atoms with Crippen molar-refractivity contribution in [2.24, 2.45) is 0 Å². The Labute approximate surface area is 167 Å². The van der Waals surface area contributed by atoms with Crippen LogP contribution in [0, 0.1) is 0 Å². The average Bonchev–Trinajstić information content (AvgIpc) is 3.25. The van der Waals surface area contributed by atoms with Crippen molar-refractivity contribution < 1.29 is 4.74 Å². The van der Waals surface area contributed by atoms with E-state index in [1.165, 1.54) is 0 Å². The number of aromatic nitrogens is 1. The smallest absolute Gasteiger partial charge is 0.198 e. The lowest BCUT2D eigenvalue weighted by Crippen LogP contribution is -2.14. The van der Waals surface area contributed by atoms with Gasteiger partial charge in [-0.05, 0) is 54.6 Å². The molecule has 4 heteroatoms. The van der Waals surface area contributed by atoms with E-state index in [1.54, 1.807) is 18.4 Å². The lowest BCUT2D eigenvalue weighted by molar-refractivity contribution is 0.415. The highest BCUT2D eigenvalue weighted by Gasteiger charge is 2.20. The SMILES string of the molecule is COc1ccc2[nH]c(-c3cccs3)c(C(=C(C)C)c3ccccc3)c(=O)c2c1. The van der Waals surface area contributed by atoms with Crippen LogP contribution in [0.15, 0.2) is 76.4 Å². The van der Waals surface area contributed by atoms with Crippen LogP contribution in [0.1, 0.15) is 25.0 Å². The lowest BCUT2D eigenvalue weighted by atomic mass is 9.91. The fourth-order valence-electron chi connectivity index (χ4n) is 3.52. The van der Waals surface area contributed by atoms with E-state index < -0.39 is 0 Å². The number of allylic oxidation sites excluding steroid dienone is 1. The highest BCUT2D eigenvalue weighted by molar-refractivity contribution is 7.13. The lowest BCUT2D eigenvalue weighted by Gasteiger charge is -2.16. The number of nitrogens with one attached hydrogen (secondary N) is 1. The molecule has 0 fully saturated rings. The first-order valence-corrected chi connectivity index (χ1v) is 9.99. The average molecular weight is 388 g/mol. The highest BCUT2D eigenvalue weighted by atomic mass is 32.1. The second kappa shape index (κ2) is 7.49. The number of pyridine rings is 1. The van der Waals surface area contributed by atoms with Gasteiger partial charge in [0.2, 0.25) is 0 Å². The molecule has 4 rings (SSSR count). The molecule has 0 bridgehead atoms. The molecule has 1 N–H and O–H groups in total. The van der Waals surface area contributed by atoms with Crippen LogP contribution in [0.25, 0.3) is 27.0 Å². The number of H-pyrrole nitrogens is 1. The Morgan fingerprint density at radius 3 is 2.43 bits per heavy atom. The number of fused-ring (bicyclic) bond motifs is 1. The summed E-state index contributed by atoms with van der Waals surface area (Å²) in [6, 6.07) is 19.7. The number of hydrogen-bond acceptors (Lipinski definition) is 3. The number of ether oxygens (including phenoxy) is 1. The Morgan fingerprint density at radius 1 is 1.00 bits per heavy atom. The van der Waals surface area contributed by atoms with E-state index in [4.69, 9.17) is 4.74 Å². The van der Waals surface area contributed by atoms with Crippen molar-refractivity contribution in [2.75, 3.05) is 7.11 Å². The molecule has 0 saturated heterocycles. The molecular formula is C24H21NO2S. The summed E-state index contributed by atoms with van der Waals surface area (Å²) < 4.78 is 5.35. The van der Waals surface area contributed by atoms with E-state index in [0.717, 1.165) is 32.8 Å². The summed E-state index contributed by atoms with van der Waals surface area (Å²) in [5.41, 5.74) is 5.47. The summed E-state index contributed by atoms with van der Waals surface area (Å²) in [7, 11) is 1.61. The Kier molecular flexibility index (Phi) is 4.88. The Bertz CT molecular complexity index is 1210. The zero-order chi connectivity index (χ0) is 19.7. The molecule has 0 amide bonds. The largest absolute Gasteiger partial charge is 0.497 e. The van der Waals surface area contributed by atoms with E-state index in [-0.39, 0.29) is 5.43 Å². The summed E-state index contributed by atoms with van der Waals surface area (Å²) in [6.45, 7) is 4.10. The van der Waals surface area contributed by atoms with Gasteiger partial charge in [-0.15, -0.1) is 11.3 Å². The summed E-state index contributed by atoms with van der Waals surface area (Å²) in [4.78, 5) is 18.3. The maximum absolute atomic E-state index is 13.7. The molecule has 2 aromatic carbocycles. The predicted octanol–water partition coefficient (Wildman–Crippen LogP) is 6.11. The second-order valence-electron chi connectivity index (χ2n) is 6.83. The van der Waals surface area contributed by atoms with E-state index in [9.17, 15) is 4.79 Å². The van der Waals surface area contributed by atoms with Gasteiger partial charge in [-0.2, -0.15) is 0 Å². The molecular weight excluding hydrogens is 366 g/mol. The molecule has 3 nitrogen and oxygen atoms in total. The molecule has 2 aromatic heterocycles. The predicted molar refractivity (Wildman–Crippen MR) is 118 cm³/mol. The summed E-state index contributed by atoms with van der Waals surface area (Å²) in [5.74, 6) is 0.672. The van der Waals surface area contributed by atoms with Gasteiger partial charge in [0.25, 0.3) is 0 Å². The quantitative estimate of drug-likeness (QED) is 0.459. The first-order chi connectivity index (χ1) is 13.6. The number of benzene rings is 2. The molecule has 28 heavy (non-hydrogen) atoms. The summed E-state index contributed by atoms with van der Waals surface area (Å²) >= 11 is 1.62. The molecule has 0 aliphatic heterocycles. The van der Waals surface area contributed by atoms with Gasteiger partial charge in [0.15, 0.2) is 5.43 Å². The number of hydrogen-bond donors (Lipinski definition) is 1. The normalized spacial score (nSPS) is 10.8. The number of methoxy groups -OCH3 is 1. The third-order valence-corrected chi connectivity index (χ3v) is 5.68. The molecule has 140 valence electrons. The van der Waals surface area contributed by atoms with Crippen LogP contribution in [0.3, 0.4) is 0 Å². The van der Waals surface area contributed by atoms with Crippen molar-refractivity contribution >= 4 is 27.8 Å². The van der Waals surface area contributed by atoms with Crippen LogP contribution in [0.4, 0.5) is 0 Å². The van der Waals surface area contributed by atoms with Crippen molar-refractivity contribution in [1.82, 2.24) is 4.98 Å². The molecule has 4 aromatic rings. The number of aromatic amines is 1. The van der Waals surface area contributed by atoms with Gasteiger partial charge < -0.3 is 9.72 Å². The molecule has 2 heterocycles. The fraction of sp³-hybridized carbons (Fsp3) is 0.125. The van der Waals surface area contributed by atoms with E-state index >= 15 is 0 Å². The molecule has 0 atom stereocenters. The second-order valence-corrected chi connectivity index (χ2v) is 7.78. The van der Waals surface area contributed by atoms with Crippen molar-refractivity contribution in [3.63, 3.8) is 0 Å². The monoisotopic (exact) mass is 387 g/mol. The molecule has 0 radical (unpaired) electrons. The zero-order valence-corrected chi connectivity index (χ0v) is 16.9. The van der Waals surface area contributed by atoms with Crippen molar-refractivity contribution in [3.8, 4) is 16.3 Å². The first kappa shape index (κ1) is 18.3. The van der Waals surface area contributed by atoms with Gasteiger partial charge in [-0.25, -0.2) is 0 Å². The molecule has 0 aliphatic carbocycles. The van der Waals surface area contributed by atoms with Crippen LogP contribution < -0.4 is 10.2 Å². The standard InChI is InChI=1S/C24H21NO2S/c1-15(2)21(16-8-5-4-6-9-16)22-23(20-10-7-13-28-20)25-19-12-11-17(27-3)14-18(19)24(22)26/h4-14H,1-3H3,(H,25,26).